The molecule has 0 aromatic heterocycles. The Morgan fingerprint density at radius 2 is 1.62 bits per heavy atom. The lowest BCUT2D eigenvalue weighted by Crippen LogP contribution is -2.24. The van der Waals surface area contributed by atoms with Crippen LogP contribution < -0.4 is 9.64 Å². The molecule has 150 valence electrons. The highest BCUT2D eigenvalue weighted by molar-refractivity contribution is 6.23. The molecular formula is C24H25NO4. The van der Waals surface area contributed by atoms with E-state index in [1.54, 1.807) is 25.0 Å². The third-order valence-electron chi connectivity index (χ3n) is 5.03. The van der Waals surface area contributed by atoms with Crippen molar-refractivity contribution < 1.29 is 19.1 Å². The van der Waals surface area contributed by atoms with Gasteiger partial charge in [-0.15, -0.1) is 0 Å². The number of rotatable bonds is 5. The minimum Gasteiger partial charge on any atom is -0.497 e. The van der Waals surface area contributed by atoms with Crippen molar-refractivity contribution in [3.63, 3.8) is 0 Å². The Hall–Kier alpha value is -3.34. The highest BCUT2D eigenvalue weighted by Crippen LogP contribution is 2.36. The molecule has 0 atom stereocenters. The first-order valence-electron chi connectivity index (χ1n) is 9.47. The van der Waals surface area contributed by atoms with E-state index in [0.29, 0.717) is 17.2 Å². The van der Waals surface area contributed by atoms with Gasteiger partial charge in [0, 0.05) is 11.4 Å². The molecule has 0 aliphatic carbocycles. The fraction of sp³-hybridized carbons (Fsp3) is 0.250. The zero-order valence-corrected chi connectivity index (χ0v) is 17.4. The van der Waals surface area contributed by atoms with Crippen molar-refractivity contribution >= 4 is 23.6 Å². The molecule has 3 rings (SSSR count). The Bertz CT molecular complexity index is 983. The zero-order chi connectivity index (χ0) is 21.1. The fourth-order valence-corrected chi connectivity index (χ4v) is 3.37. The molecular weight excluding hydrogens is 366 g/mol. The van der Waals surface area contributed by atoms with E-state index in [2.05, 4.69) is 13.8 Å². The van der Waals surface area contributed by atoms with Crippen molar-refractivity contribution in [3.8, 4) is 5.75 Å². The summed E-state index contributed by atoms with van der Waals surface area (Å²) in [5.41, 5.74) is 3.84. The van der Waals surface area contributed by atoms with Crippen LogP contribution in [0.15, 0.2) is 65.4 Å². The second-order valence-corrected chi connectivity index (χ2v) is 7.17. The molecule has 0 fully saturated rings. The summed E-state index contributed by atoms with van der Waals surface area (Å²) in [5.74, 6) is 0.329. The van der Waals surface area contributed by atoms with Crippen LogP contribution in [0.3, 0.4) is 0 Å². The summed E-state index contributed by atoms with van der Waals surface area (Å²) in [5, 5.41) is 0. The van der Waals surface area contributed by atoms with E-state index in [-0.39, 0.29) is 11.5 Å². The van der Waals surface area contributed by atoms with E-state index in [9.17, 15) is 9.59 Å². The van der Waals surface area contributed by atoms with Gasteiger partial charge in [0.25, 0.3) is 5.91 Å². The topological polar surface area (TPSA) is 55.8 Å². The molecule has 0 saturated carbocycles. The molecule has 1 amide bonds. The summed E-state index contributed by atoms with van der Waals surface area (Å²) in [7, 11) is 2.91. The third kappa shape index (κ3) is 3.94. The van der Waals surface area contributed by atoms with E-state index in [4.69, 9.17) is 9.47 Å². The van der Waals surface area contributed by atoms with Crippen LogP contribution in [0.5, 0.6) is 5.75 Å². The van der Waals surface area contributed by atoms with Gasteiger partial charge < -0.3 is 9.47 Å². The van der Waals surface area contributed by atoms with Gasteiger partial charge in [0.1, 0.15) is 5.75 Å². The van der Waals surface area contributed by atoms with Gasteiger partial charge >= 0.3 is 5.97 Å². The van der Waals surface area contributed by atoms with Crippen LogP contribution in [0.1, 0.15) is 37.8 Å². The number of allylic oxidation sites excluding steroid dienone is 1. The fourth-order valence-electron chi connectivity index (χ4n) is 3.37. The van der Waals surface area contributed by atoms with Crippen LogP contribution in [0.25, 0.3) is 6.08 Å². The largest absolute Gasteiger partial charge is 0.497 e. The minimum absolute atomic E-state index is 0.254. The molecule has 2 aromatic carbocycles. The molecule has 1 heterocycles. The van der Waals surface area contributed by atoms with E-state index in [1.807, 2.05) is 48.5 Å². The normalized spacial score (nSPS) is 15.4. The van der Waals surface area contributed by atoms with Gasteiger partial charge in [-0.05, 0) is 54.3 Å². The van der Waals surface area contributed by atoms with Gasteiger partial charge in [-0.1, -0.05) is 38.1 Å². The number of benzene rings is 2. The first kappa shape index (κ1) is 20.4. The summed E-state index contributed by atoms with van der Waals surface area (Å²) >= 11 is 0. The van der Waals surface area contributed by atoms with E-state index < -0.39 is 5.97 Å². The number of methoxy groups -OCH3 is 2. The van der Waals surface area contributed by atoms with E-state index in [1.165, 1.54) is 12.7 Å². The summed E-state index contributed by atoms with van der Waals surface area (Å²) in [6, 6.07) is 15.1. The molecule has 0 saturated heterocycles. The number of ether oxygens (including phenoxy) is 2. The summed E-state index contributed by atoms with van der Waals surface area (Å²) < 4.78 is 10.1. The number of carbonyl (C=O) groups excluding carboxylic acids is 2. The second-order valence-electron chi connectivity index (χ2n) is 7.17. The van der Waals surface area contributed by atoms with Crippen molar-refractivity contribution in [1.82, 2.24) is 0 Å². The third-order valence-corrected chi connectivity index (χ3v) is 5.03. The van der Waals surface area contributed by atoms with Crippen LogP contribution in [0, 0.1) is 0 Å². The lowest BCUT2D eigenvalue weighted by molar-refractivity contribution is -0.136. The molecule has 29 heavy (non-hydrogen) atoms. The van der Waals surface area contributed by atoms with Crippen LogP contribution in [-0.2, 0) is 14.3 Å². The molecule has 0 bridgehead atoms. The van der Waals surface area contributed by atoms with E-state index in [0.717, 1.165) is 17.0 Å². The molecule has 5 nitrogen and oxygen atoms in total. The van der Waals surface area contributed by atoms with Gasteiger partial charge in [0.15, 0.2) is 0 Å². The number of nitrogens with zero attached hydrogens (tertiary/aromatic N) is 1. The van der Waals surface area contributed by atoms with Crippen LogP contribution in [-0.4, -0.2) is 26.1 Å². The SMILES string of the molecule is COC(=O)C1=C(C)N(c2ccc(C(C)C)cc2)C(=O)/C1=C\c1ccc(OC)cc1. The van der Waals surface area contributed by atoms with Crippen molar-refractivity contribution in [3.05, 3.63) is 76.5 Å². The van der Waals surface area contributed by atoms with Gasteiger partial charge in [-0.3, -0.25) is 9.69 Å². The summed E-state index contributed by atoms with van der Waals surface area (Å²) in [4.78, 5) is 27.3. The smallest absolute Gasteiger partial charge is 0.340 e. The number of hydrogen-bond donors (Lipinski definition) is 0. The average molecular weight is 391 g/mol. The first-order valence-corrected chi connectivity index (χ1v) is 9.47. The molecule has 0 spiro atoms. The quantitative estimate of drug-likeness (QED) is 0.548. The number of anilines is 1. The highest BCUT2D eigenvalue weighted by Gasteiger charge is 2.37. The maximum Gasteiger partial charge on any atom is 0.340 e. The van der Waals surface area contributed by atoms with Crippen LogP contribution in [0.2, 0.25) is 0 Å². The Kier molecular flexibility index (Phi) is 5.87. The molecule has 0 unspecified atom stereocenters. The molecule has 0 N–H and O–H groups in total. The Balaban J connectivity index is 2.06. The highest BCUT2D eigenvalue weighted by atomic mass is 16.5. The molecule has 1 aliphatic rings. The molecule has 2 aromatic rings. The number of carbonyl (C=O) groups is 2. The van der Waals surface area contributed by atoms with Crippen molar-refractivity contribution in [2.75, 3.05) is 19.1 Å². The molecule has 5 heteroatoms. The Morgan fingerprint density at radius 1 is 1.00 bits per heavy atom. The summed E-state index contributed by atoms with van der Waals surface area (Å²) in [6.07, 6.45) is 1.71. The first-order chi connectivity index (χ1) is 13.9. The Morgan fingerprint density at radius 3 is 2.14 bits per heavy atom. The standard InChI is InChI=1S/C24H25NO4/c1-15(2)18-8-10-19(11-9-18)25-16(3)22(24(27)29-5)21(23(25)26)14-17-6-12-20(28-4)13-7-17/h6-15H,1-5H3/b21-14-. The number of esters is 1. The Labute approximate surface area is 171 Å². The second kappa shape index (κ2) is 8.35. The lowest BCUT2D eigenvalue weighted by Gasteiger charge is -2.19. The van der Waals surface area contributed by atoms with E-state index >= 15 is 0 Å². The predicted molar refractivity (Wildman–Crippen MR) is 114 cm³/mol. The number of hydrogen-bond acceptors (Lipinski definition) is 4. The van der Waals surface area contributed by atoms with Crippen LogP contribution in [0.4, 0.5) is 5.69 Å². The van der Waals surface area contributed by atoms with Crippen molar-refractivity contribution in [1.29, 1.82) is 0 Å². The maximum absolute atomic E-state index is 13.3. The van der Waals surface area contributed by atoms with Gasteiger partial charge in [-0.2, -0.15) is 0 Å². The van der Waals surface area contributed by atoms with Crippen molar-refractivity contribution in [2.45, 2.75) is 26.7 Å². The van der Waals surface area contributed by atoms with Gasteiger partial charge in [0.2, 0.25) is 0 Å². The molecule has 0 radical (unpaired) electrons. The molecule has 1 aliphatic heterocycles. The van der Waals surface area contributed by atoms with Crippen molar-refractivity contribution in [2.24, 2.45) is 0 Å². The van der Waals surface area contributed by atoms with Gasteiger partial charge in [-0.25, -0.2) is 4.79 Å². The number of amides is 1. The summed E-state index contributed by atoms with van der Waals surface area (Å²) in [6.45, 7) is 5.99. The predicted octanol–water partition coefficient (Wildman–Crippen LogP) is 4.70. The maximum atomic E-state index is 13.3. The minimum atomic E-state index is -0.531. The van der Waals surface area contributed by atoms with Crippen LogP contribution >= 0.6 is 0 Å². The average Bonchev–Trinajstić information content (AvgIpc) is 2.97. The monoisotopic (exact) mass is 391 g/mol. The zero-order valence-electron chi connectivity index (χ0n) is 17.4. The lowest BCUT2D eigenvalue weighted by atomic mass is 10.0. The van der Waals surface area contributed by atoms with Gasteiger partial charge in [0.05, 0.1) is 25.4 Å².